The Morgan fingerprint density at radius 2 is 2.07 bits per heavy atom. The van der Waals surface area contributed by atoms with Gasteiger partial charge in [-0.15, -0.1) is 0 Å². The van der Waals surface area contributed by atoms with Crippen LogP contribution in [0.5, 0.6) is 0 Å². The summed E-state index contributed by atoms with van der Waals surface area (Å²) in [6.45, 7) is 6.34. The van der Waals surface area contributed by atoms with E-state index >= 15 is 0 Å². The molecule has 164 valence electrons. The van der Waals surface area contributed by atoms with E-state index in [0.717, 1.165) is 53.2 Å². The van der Waals surface area contributed by atoms with Gasteiger partial charge in [-0.05, 0) is 18.1 Å². The molecule has 0 bridgehead atoms. The topological polar surface area (TPSA) is 85.2 Å². The molecule has 0 atom stereocenters. The van der Waals surface area contributed by atoms with Crippen LogP contribution < -0.4 is 10.2 Å². The summed E-state index contributed by atoms with van der Waals surface area (Å²) in [5, 5.41) is 9.34. The molecule has 1 N–H and O–H groups in total. The minimum Gasteiger partial charge on any atom is -0.378 e. The van der Waals surface area contributed by atoms with Crippen LogP contribution in [0.2, 0.25) is 0 Å². The van der Waals surface area contributed by atoms with Gasteiger partial charge in [0.25, 0.3) is 0 Å². The lowest BCUT2D eigenvalue weighted by Crippen LogP contribution is -2.37. The molecule has 0 aromatic carbocycles. The average Bonchev–Trinajstić information content (AvgIpc) is 3.43. The maximum atomic E-state index is 12.2. The second kappa shape index (κ2) is 10.4. The van der Waals surface area contributed by atoms with Gasteiger partial charge in [-0.2, -0.15) is 5.10 Å². The van der Waals surface area contributed by atoms with Crippen molar-refractivity contribution < 1.29 is 9.53 Å². The summed E-state index contributed by atoms with van der Waals surface area (Å²) < 4.78 is 7.38. The number of nitrogens with one attached hydrogen (secondary N) is 1. The summed E-state index contributed by atoms with van der Waals surface area (Å²) in [7, 11) is 0. The molecule has 1 saturated heterocycles. The molecule has 1 aliphatic heterocycles. The number of morpholine rings is 1. The predicted molar refractivity (Wildman–Crippen MR) is 119 cm³/mol. The van der Waals surface area contributed by atoms with Gasteiger partial charge in [0.05, 0.1) is 31.3 Å². The fourth-order valence-electron chi connectivity index (χ4n) is 4.32. The molecule has 9 heteroatoms. The Bertz CT molecular complexity index is 845. The van der Waals surface area contributed by atoms with Gasteiger partial charge in [-0.3, -0.25) is 4.79 Å². The van der Waals surface area contributed by atoms with Crippen molar-refractivity contribution in [2.75, 3.05) is 43.5 Å². The van der Waals surface area contributed by atoms with Crippen molar-refractivity contribution in [3.05, 3.63) is 6.20 Å². The van der Waals surface area contributed by atoms with E-state index in [1.165, 1.54) is 25.7 Å². The van der Waals surface area contributed by atoms with Crippen LogP contribution >= 0.6 is 11.8 Å². The molecule has 4 rings (SSSR count). The minimum atomic E-state index is 0.143. The number of hydrogen-bond donors (Lipinski definition) is 1. The van der Waals surface area contributed by atoms with Gasteiger partial charge in [0.15, 0.2) is 10.8 Å². The third-order valence-corrected chi connectivity index (χ3v) is 6.67. The zero-order valence-corrected chi connectivity index (χ0v) is 18.6. The molecule has 2 aromatic rings. The molecule has 2 aliphatic rings. The lowest BCUT2D eigenvalue weighted by atomic mass is 10.0. The molecule has 8 nitrogen and oxygen atoms in total. The Kier molecular flexibility index (Phi) is 7.43. The van der Waals surface area contributed by atoms with Crippen LogP contribution in [0.4, 0.5) is 5.82 Å². The van der Waals surface area contributed by atoms with Crippen molar-refractivity contribution in [1.82, 2.24) is 25.1 Å². The Labute approximate surface area is 182 Å². The summed E-state index contributed by atoms with van der Waals surface area (Å²) >= 11 is 1.64. The number of rotatable bonds is 9. The van der Waals surface area contributed by atoms with Gasteiger partial charge in [0, 0.05) is 26.1 Å². The molecule has 0 radical (unpaired) electrons. The fourth-order valence-corrected chi connectivity index (χ4v) is 4.88. The first kappa shape index (κ1) is 21.4. The minimum absolute atomic E-state index is 0.143. The monoisotopic (exact) mass is 432 g/mol. The number of carbonyl (C=O) groups excluding carboxylic acids is 1. The molecule has 1 aliphatic carbocycles. The van der Waals surface area contributed by atoms with Crippen molar-refractivity contribution in [3.8, 4) is 0 Å². The summed E-state index contributed by atoms with van der Waals surface area (Å²) in [6.07, 6.45) is 8.72. The molecule has 1 saturated carbocycles. The number of hydrogen-bond acceptors (Lipinski definition) is 7. The largest absolute Gasteiger partial charge is 0.378 e. The van der Waals surface area contributed by atoms with E-state index < -0.39 is 0 Å². The van der Waals surface area contributed by atoms with E-state index in [9.17, 15) is 4.79 Å². The van der Waals surface area contributed by atoms with Crippen molar-refractivity contribution >= 4 is 34.5 Å². The highest BCUT2D eigenvalue weighted by molar-refractivity contribution is 7.99. The van der Waals surface area contributed by atoms with E-state index in [1.54, 1.807) is 11.8 Å². The van der Waals surface area contributed by atoms with Gasteiger partial charge in [0.1, 0.15) is 5.82 Å². The third kappa shape index (κ3) is 5.24. The van der Waals surface area contributed by atoms with Crippen LogP contribution in [0, 0.1) is 5.92 Å². The standard InChI is InChI=1S/C21H32N6O2S/c1-2-30-21-24-19(26-11-13-29-14-12-26)17-15-23-27(20(17)25-21)10-9-22-18(28)8-7-16-5-3-4-6-16/h15-16H,2-14H2,1H3,(H,22,28). The Balaban J connectivity index is 1.40. The molecule has 2 fully saturated rings. The van der Waals surface area contributed by atoms with Crippen molar-refractivity contribution in [3.63, 3.8) is 0 Å². The van der Waals surface area contributed by atoms with Crippen LogP contribution in [-0.4, -0.2) is 64.3 Å². The number of thioether (sulfide) groups is 1. The Morgan fingerprint density at radius 3 is 2.83 bits per heavy atom. The van der Waals surface area contributed by atoms with E-state index in [0.29, 0.717) is 32.7 Å². The van der Waals surface area contributed by atoms with Gasteiger partial charge >= 0.3 is 0 Å². The van der Waals surface area contributed by atoms with E-state index in [4.69, 9.17) is 14.7 Å². The van der Waals surface area contributed by atoms with E-state index in [-0.39, 0.29) is 5.91 Å². The van der Waals surface area contributed by atoms with Crippen molar-refractivity contribution in [2.24, 2.45) is 5.92 Å². The molecule has 2 aromatic heterocycles. The van der Waals surface area contributed by atoms with Crippen LogP contribution in [0.25, 0.3) is 11.0 Å². The molecular formula is C21H32N6O2S. The highest BCUT2D eigenvalue weighted by atomic mass is 32.2. The molecule has 30 heavy (non-hydrogen) atoms. The molecule has 1 amide bonds. The normalized spacial score (nSPS) is 17.7. The highest BCUT2D eigenvalue weighted by Gasteiger charge is 2.20. The summed E-state index contributed by atoms with van der Waals surface area (Å²) in [5.41, 5.74) is 0.836. The van der Waals surface area contributed by atoms with Crippen LogP contribution in [0.1, 0.15) is 45.4 Å². The maximum absolute atomic E-state index is 12.2. The zero-order valence-electron chi connectivity index (χ0n) is 17.8. The van der Waals surface area contributed by atoms with Gasteiger partial charge in [-0.25, -0.2) is 14.6 Å². The van der Waals surface area contributed by atoms with E-state index in [1.807, 2.05) is 10.9 Å². The molecule has 0 spiro atoms. The number of carbonyl (C=O) groups is 1. The lowest BCUT2D eigenvalue weighted by molar-refractivity contribution is -0.121. The summed E-state index contributed by atoms with van der Waals surface area (Å²) in [6, 6.07) is 0. The average molecular weight is 433 g/mol. The highest BCUT2D eigenvalue weighted by Crippen LogP contribution is 2.29. The number of nitrogens with zero attached hydrogens (tertiary/aromatic N) is 5. The van der Waals surface area contributed by atoms with Gasteiger partial charge < -0.3 is 15.0 Å². The number of ether oxygens (including phenoxy) is 1. The third-order valence-electron chi connectivity index (χ3n) is 5.94. The summed E-state index contributed by atoms with van der Waals surface area (Å²) in [4.78, 5) is 24.0. The predicted octanol–water partition coefficient (Wildman–Crippen LogP) is 2.86. The molecule has 3 heterocycles. The van der Waals surface area contributed by atoms with Crippen LogP contribution in [0.3, 0.4) is 0 Å². The SMILES string of the molecule is CCSc1nc(N2CCOCC2)c2cnn(CCNC(=O)CCC3CCCC3)c2n1. The number of aromatic nitrogens is 4. The first-order valence-corrected chi connectivity index (χ1v) is 12.2. The molecule has 0 unspecified atom stereocenters. The van der Waals surface area contributed by atoms with Crippen LogP contribution in [0.15, 0.2) is 11.4 Å². The van der Waals surface area contributed by atoms with Gasteiger partial charge in [-0.1, -0.05) is 44.4 Å². The first-order chi connectivity index (χ1) is 14.7. The zero-order chi connectivity index (χ0) is 20.8. The Morgan fingerprint density at radius 1 is 1.27 bits per heavy atom. The quantitative estimate of drug-likeness (QED) is 0.482. The smallest absolute Gasteiger partial charge is 0.220 e. The van der Waals surface area contributed by atoms with Crippen LogP contribution in [-0.2, 0) is 16.1 Å². The second-order valence-electron chi connectivity index (χ2n) is 8.01. The lowest BCUT2D eigenvalue weighted by Gasteiger charge is -2.28. The van der Waals surface area contributed by atoms with Crippen molar-refractivity contribution in [1.29, 1.82) is 0 Å². The number of amides is 1. The maximum Gasteiger partial charge on any atom is 0.220 e. The summed E-state index contributed by atoms with van der Waals surface area (Å²) in [5.74, 6) is 2.74. The fraction of sp³-hybridized carbons (Fsp3) is 0.714. The second-order valence-corrected chi connectivity index (χ2v) is 9.24. The molecular weight excluding hydrogens is 400 g/mol. The number of fused-ring (bicyclic) bond motifs is 1. The van der Waals surface area contributed by atoms with E-state index in [2.05, 4.69) is 22.2 Å². The van der Waals surface area contributed by atoms with Gasteiger partial charge in [0.2, 0.25) is 5.91 Å². The Hall–Kier alpha value is -1.87. The van der Waals surface area contributed by atoms with Crippen molar-refractivity contribution in [2.45, 2.75) is 57.1 Å². The number of anilines is 1. The first-order valence-electron chi connectivity index (χ1n) is 11.2.